The quantitative estimate of drug-likeness (QED) is 0.685. The predicted molar refractivity (Wildman–Crippen MR) is 59.3 cm³/mol. The number of halogens is 1. The molecule has 2 heterocycles. The first kappa shape index (κ1) is 11.0. The van der Waals surface area contributed by atoms with Crippen molar-refractivity contribution in [2.75, 3.05) is 11.4 Å². The number of rotatable bonds is 1. The molecule has 1 amide bonds. The number of hydrogen-bond donors (Lipinski definition) is 0. The molecular formula is C10H11ClN4O. The maximum atomic E-state index is 11.7. The highest BCUT2D eigenvalue weighted by atomic mass is 35.5. The summed E-state index contributed by atoms with van der Waals surface area (Å²) in [6.45, 7) is 2.19. The number of alkyl halides is 1. The average molecular weight is 239 g/mol. The molecule has 0 radical (unpaired) electrons. The summed E-state index contributed by atoms with van der Waals surface area (Å²) in [5.41, 5.74) is 1.08. The molecular weight excluding hydrogens is 228 g/mol. The molecule has 2 rings (SSSR count). The fourth-order valence-corrected chi connectivity index (χ4v) is 2.23. The van der Waals surface area contributed by atoms with E-state index in [9.17, 15) is 4.79 Å². The molecule has 5 nitrogen and oxygen atoms in total. The van der Waals surface area contributed by atoms with Crippen molar-refractivity contribution in [2.24, 2.45) is 7.05 Å². The Morgan fingerprint density at radius 2 is 2.31 bits per heavy atom. The van der Waals surface area contributed by atoms with Gasteiger partial charge in [-0.2, -0.15) is 10.4 Å². The van der Waals surface area contributed by atoms with Crippen LogP contribution in [-0.2, 0) is 11.8 Å². The van der Waals surface area contributed by atoms with Gasteiger partial charge in [0, 0.05) is 20.0 Å². The van der Waals surface area contributed by atoms with E-state index in [0.717, 1.165) is 0 Å². The Labute approximate surface area is 98.2 Å². The zero-order valence-corrected chi connectivity index (χ0v) is 9.82. The maximum absolute atomic E-state index is 11.7. The predicted octanol–water partition coefficient (Wildman–Crippen LogP) is 0.944. The third-order valence-corrected chi connectivity index (χ3v) is 2.93. The van der Waals surface area contributed by atoms with Gasteiger partial charge < -0.3 is 0 Å². The minimum absolute atomic E-state index is 0.0560. The third kappa shape index (κ3) is 1.55. The normalized spacial score (nSPS) is 20.2. The highest BCUT2D eigenvalue weighted by molar-refractivity contribution is 6.24. The molecule has 0 spiro atoms. The van der Waals surface area contributed by atoms with Crippen molar-refractivity contribution < 1.29 is 4.79 Å². The summed E-state index contributed by atoms with van der Waals surface area (Å²) in [5, 5.41) is 13.0. The van der Waals surface area contributed by atoms with Crippen LogP contribution in [0.2, 0.25) is 0 Å². The molecule has 84 valence electrons. The van der Waals surface area contributed by atoms with E-state index in [-0.39, 0.29) is 11.3 Å². The van der Waals surface area contributed by atoms with E-state index in [1.54, 1.807) is 18.7 Å². The summed E-state index contributed by atoms with van der Waals surface area (Å²) in [7, 11) is 1.72. The molecule has 1 aliphatic rings. The summed E-state index contributed by atoms with van der Waals surface area (Å²) >= 11 is 5.93. The molecule has 1 unspecified atom stereocenters. The molecule has 0 N–H and O–H groups in total. The van der Waals surface area contributed by atoms with Crippen molar-refractivity contribution in [3.8, 4) is 6.07 Å². The number of anilines is 1. The van der Waals surface area contributed by atoms with Gasteiger partial charge in [-0.25, -0.2) is 0 Å². The fourth-order valence-electron chi connectivity index (χ4n) is 1.96. The topological polar surface area (TPSA) is 61.9 Å². The van der Waals surface area contributed by atoms with Crippen LogP contribution in [0.4, 0.5) is 5.82 Å². The minimum Gasteiger partial charge on any atom is -0.294 e. The van der Waals surface area contributed by atoms with Crippen LogP contribution >= 0.6 is 11.6 Å². The van der Waals surface area contributed by atoms with Gasteiger partial charge in [0.25, 0.3) is 0 Å². The van der Waals surface area contributed by atoms with E-state index < -0.39 is 0 Å². The van der Waals surface area contributed by atoms with Crippen molar-refractivity contribution >= 4 is 23.3 Å². The second kappa shape index (κ2) is 3.80. The van der Waals surface area contributed by atoms with E-state index >= 15 is 0 Å². The van der Waals surface area contributed by atoms with Gasteiger partial charge in [0.15, 0.2) is 5.82 Å². The van der Waals surface area contributed by atoms with Crippen LogP contribution in [0.25, 0.3) is 0 Å². The van der Waals surface area contributed by atoms with Gasteiger partial charge in [-0.15, -0.1) is 11.6 Å². The van der Waals surface area contributed by atoms with Crippen LogP contribution in [0.5, 0.6) is 0 Å². The Morgan fingerprint density at radius 3 is 2.81 bits per heavy atom. The van der Waals surface area contributed by atoms with Gasteiger partial charge in [-0.1, -0.05) is 0 Å². The third-order valence-electron chi connectivity index (χ3n) is 2.64. The number of carbonyl (C=O) groups is 1. The molecule has 1 atom stereocenters. The van der Waals surface area contributed by atoms with Gasteiger partial charge in [0.2, 0.25) is 5.91 Å². The summed E-state index contributed by atoms with van der Waals surface area (Å²) < 4.78 is 1.56. The molecule has 6 heteroatoms. The van der Waals surface area contributed by atoms with Gasteiger partial charge in [0.05, 0.1) is 11.1 Å². The molecule has 0 bridgehead atoms. The second-order valence-electron chi connectivity index (χ2n) is 3.83. The van der Waals surface area contributed by atoms with Crippen LogP contribution in [0.15, 0.2) is 0 Å². The van der Waals surface area contributed by atoms with Gasteiger partial charge in [-0.3, -0.25) is 14.4 Å². The smallest absolute Gasteiger partial charge is 0.229 e. The largest absolute Gasteiger partial charge is 0.294 e. The molecule has 1 aromatic rings. The van der Waals surface area contributed by atoms with E-state index in [0.29, 0.717) is 30.0 Å². The number of amides is 1. The zero-order chi connectivity index (χ0) is 11.9. The lowest BCUT2D eigenvalue weighted by Gasteiger charge is -2.15. The van der Waals surface area contributed by atoms with Crippen LogP contribution < -0.4 is 4.90 Å². The standard InChI is InChI=1S/C10H11ClN4O/c1-6-8(4-12)10(14(2)13-6)15-5-7(11)3-9(15)16/h7H,3,5H2,1-2H3. The SMILES string of the molecule is Cc1nn(C)c(N2CC(Cl)CC2=O)c1C#N. The monoisotopic (exact) mass is 238 g/mol. The number of aryl methyl sites for hydroxylation is 2. The van der Waals surface area contributed by atoms with E-state index in [1.807, 2.05) is 0 Å². The average Bonchev–Trinajstić information content (AvgIpc) is 2.66. The minimum atomic E-state index is -0.186. The van der Waals surface area contributed by atoms with Crippen molar-refractivity contribution in [1.29, 1.82) is 5.26 Å². The molecule has 0 aliphatic carbocycles. The Kier molecular flexibility index (Phi) is 2.60. The van der Waals surface area contributed by atoms with Gasteiger partial charge in [0.1, 0.15) is 11.6 Å². The molecule has 16 heavy (non-hydrogen) atoms. The van der Waals surface area contributed by atoms with Crippen LogP contribution in [0.1, 0.15) is 17.7 Å². The van der Waals surface area contributed by atoms with Crippen LogP contribution in [-0.4, -0.2) is 27.6 Å². The van der Waals surface area contributed by atoms with E-state index in [4.69, 9.17) is 16.9 Å². The Morgan fingerprint density at radius 1 is 1.62 bits per heavy atom. The summed E-state index contributed by atoms with van der Waals surface area (Å²) in [6.07, 6.45) is 0.316. The number of nitriles is 1. The maximum Gasteiger partial charge on any atom is 0.229 e. The molecule has 1 aromatic heterocycles. The van der Waals surface area contributed by atoms with Crippen molar-refractivity contribution in [3.05, 3.63) is 11.3 Å². The lowest BCUT2D eigenvalue weighted by Crippen LogP contribution is -2.27. The molecule has 0 saturated carbocycles. The Balaban J connectivity index is 2.49. The van der Waals surface area contributed by atoms with Crippen LogP contribution in [0.3, 0.4) is 0 Å². The van der Waals surface area contributed by atoms with Crippen molar-refractivity contribution in [3.63, 3.8) is 0 Å². The molecule has 1 aliphatic heterocycles. The van der Waals surface area contributed by atoms with Gasteiger partial charge >= 0.3 is 0 Å². The molecule has 0 aromatic carbocycles. The second-order valence-corrected chi connectivity index (χ2v) is 4.44. The van der Waals surface area contributed by atoms with E-state index in [1.165, 1.54) is 4.90 Å². The highest BCUT2D eigenvalue weighted by Crippen LogP contribution is 2.28. The lowest BCUT2D eigenvalue weighted by atomic mass is 10.2. The number of aromatic nitrogens is 2. The first-order valence-corrected chi connectivity index (χ1v) is 5.36. The van der Waals surface area contributed by atoms with Gasteiger partial charge in [-0.05, 0) is 6.92 Å². The lowest BCUT2D eigenvalue weighted by molar-refractivity contribution is -0.117. The van der Waals surface area contributed by atoms with Crippen molar-refractivity contribution in [1.82, 2.24) is 9.78 Å². The molecule has 1 fully saturated rings. The zero-order valence-electron chi connectivity index (χ0n) is 9.07. The first-order chi connectivity index (χ1) is 7.54. The van der Waals surface area contributed by atoms with Crippen molar-refractivity contribution in [2.45, 2.75) is 18.7 Å². The molecule has 1 saturated heterocycles. The number of hydrogen-bond acceptors (Lipinski definition) is 3. The Bertz CT molecular complexity index is 488. The highest BCUT2D eigenvalue weighted by Gasteiger charge is 2.33. The summed E-state index contributed by atoms with van der Waals surface area (Å²) in [5.74, 6) is 0.493. The summed E-state index contributed by atoms with van der Waals surface area (Å²) in [4.78, 5) is 13.2. The van der Waals surface area contributed by atoms with E-state index in [2.05, 4.69) is 11.2 Å². The summed E-state index contributed by atoms with van der Waals surface area (Å²) in [6, 6.07) is 2.08. The fraction of sp³-hybridized carbons (Fsp3) is 0.500. The Hall–Kier alpha value is -1.54. The first-order valence-electron chi connectivity index (χ1n) is 4.92. The number of nitrogens with zero attached hydrogens (tertiary/aromatic N) is 4. The number of carbonyl (C=O) groups excluding carboxylic acids is 1. The van der Waals surface area contributed by atoms with Crippen LogP contribution in [0, 0.1) is 18.3 Å².